The molecule has 0 bridgehead atoms. The lowest BCUT2D eigenvalue weighted by molar-refractivity contribution is -0.169. The third-order valence-electron chi connectivity index (χ3n) is 6.77. The predicted octanol–water partition coefficient (Wildman–Crippen LogP) is 4.40. The molecule has 0 saturated carbocycles. The minimum Gasteiger partial charge on any atom is -0.493 e. The summed E-state index contributed by atoms with van der Waals surface area (Å²) in [6, 6.07) is 6.67. The molecular weight excluding hydrogens is 548 g/mol. The summed E-state index contributed by atoms with van der Waals surface area (Å²) in [6.07, 6.45) is -5.32. The molecule has 2 aromatic carbocycles. The van der Waals surface area contributed by atoms with Gasteiger partial charge in [-0.2, -0.15) is 23.4 Å². The van der Waals surface area contributed by atoms with Crippen LogP contribution in [0.1, 0.15) is 47.8 Å². The van der Waals surface area contributed by atoms with Crippen molar-refractivity contribution in [3.8, 4) is 23.3 Å². The number of anilines is 1. The topological polar surface area (TPSA) is 104 Å². The minimum absolute atomic E-state index is 0.0134. The van der Waals surface area contributed by atoms with Crippen LogP contribution < -0.4 is 19.1 Å². The molecule has 0 aliphatic carbocycles. The number of alkyl halides is 3. The molecule has 0 unspecified atom stereocenters. The van der Waals surface area contributed by atoms with Crippen LogP contribution in [0.2, 0.25) is 0 Å². The predicted molar refractivity (Wildman–Crippen MR) is 140 cm³/mol. The molecule has 13 heteroatoms. The molecule has 0 N–H and O–H groups in total. The van der Waals surface area contributed by atoms with Crippen LogP contribution in [0.3, 0.4) is 0 Å². The van der Waals surface area contributed by atoms with Gasteiger partial charge in [-0.25, -0.2) is 4.39 Å². The second-order valence-electron chi connectivity index (χ2n) is 10.5. The Balaban J connectivity index is 1.80. The van der Waals surface area contributed by atoms with Crippen molar-refractivity contribution in [3.05, 3.63) is 46.3 Å². The zero-order chi connectivity index (χ0) is 30.3. The molecule has 2 aliphatic heterocycles. The smallest absolute Gasteiger partial charge is 0.473 e. The number of methoxy groups -OCH3 is 2. The fourth-order valence-corrected chi connectivity index (χ4v) is 4.83. The van der Waals surface area contributed by atoms with E-state index in [4.69, 9.17) is 14.2 Å². The molecule has 41 heavy (non-hydrogen) atoms. The molecule has 4 rings (SSSR count). The standard InChI is InChI=1S/C28H28F4N4O5/c1-27(2,3)17-10-15(11-18-23(17)41-9-8-35(18)7-6-33)19(37)14-36-13-16-12-20(39-4)24(40-5)22(29)21(16)25(36)34-26(38)28(30,31)32/h10-12H,7-9,13-14H2,1-5H3. The SMILES string of the molecule is COc1cc2c(c(F)c1OC)C(=NC(=O)C(F)(F)F)N(CC(=O)c1cc3c(c(C(C)(C)C)c1)OCCN3CC#N)C2. The first-order chi connectivity index (χ1) is 19.2. The lowest BCUT2D eigenvalue weighted by atomic mass is 9.84. The van der Waals surface area contributed by atoms with Gasteiger partial charge in [-0.15, -0.1) is 0 Å². The quantitative estimate of drug-likeness (QED) is 0.283. The fraction of sp³-hybridized carbons (Fsp3) is 0.429. The van der Waals surface area contributed by atoms with Gasteiger partial charge in [-0.3, -0.25) is 9.59 Å². The van der Waals surface area contributed by atoms with Gasteiger partial charge < -0.3 is 24.0 Å². The summed E-state index contributed by atoms with van der Waals surface area (Å²) in [5.41, 5.74) is 0.753. The van der Waals surface area contributed by atoms with E-state index in [1.165, 1.54) is 13.2 Å². The summed E-state index contributed by atoms with van der Waals surface area (Å²) < 4.78 is 71.2. The number of hydrogen-bond donors (Lipinski definition) is 0. The summed E-state index contributed by atoms with van der Waals surface area (Å²) in [7, 11) is 2.42. The van der Waals surface area contributed by atoms with Crippen LogP contribution in [0.4, 0.5) is 23.2 Å². The molecule has 0 saturated heterocycles. The van der Waals surface area contributed by atoms with E-state index in [2.05, 4.69) is 11.1 Å². The molecule has 218 valence electrons. The number of halogens is 4. The number of ether oxygens (including phenoxy) is 3. The Kier molecular flexibility index (Phi) is 7.89. The van der Waals surface area contributed by atoms with Crippen LogP contribution in [-0.2, 0) is 16.8 Å². The largest absolute Gasteiger partial charge is 0.493 e. The summed E-state index contributed by atoms with van der Waals surface area (Å²) in [5, 5.41) is 9.31. The number of ketones is 1. The molecule has 0 fully saturated rings. The number of nitrogens with zero attached hydrogens (tertiary/aromatic N) is 4. The molecule has 2 aliphatic rings. The Labute approximate surface area is 233 Å². The van der Waals surface area contributed by atoms with Gasteiger partial charge >= 0.3 is 12.1 Å². The van der Waals surface area contributed by atoms with E-state index in [9.17, 15) is 28.0 Å². The van der Waals surface area contributed by atoms with E-state index in [0.29, 0.717) is 30.2 Å². The van der Waals surface area contributed by atoms with E-state index < -0.39 is 41.5 Å². The van der Waals surface area contributed by atoms with Crippen molar-refractivity contribution in [1.29, 1.82) is 5.26 Å². The number of carbonyl (C=O) groups excluding carboxylic acids is 2. The van der Waals surface area contributed by atoms with Crippen molar-refractivity contribution in [2.75, 3.05) is 45.4 Å². The van der Waals surface area contributed by atoms with Gasteiger partial charge in [0.25, 0.3) is 0 Å². The van der Waals surface area contributed by atoms with E-state index in [0.717, 1.165) is 12.0 Å². The van der Waals surface area contributed by atoms with Crippen molar-refractivity contribution >= 4 is 23.2 Å². The Hall–Kier alpha value is -4.34. The number of Topliss-reactive ketones (excluding diaryl/α,β-unsaturated/α-hetero) is 1. The zero-order valence-corrected chi connectivity index (χ0v) is 23.1. The van der Waals surface area contributed by atoms with Crippen molar-refractivity contribution in [3.63, 3.8) is 0 Å². The number of nitriles is 1. The highest BCUT2D eigenvalue weighted by Gasteiger charge is 2.42. The van der Waals surface area contributed by atoms with E-state index in [-0.39, 0.29) is 41.3 Å². The van der Waals surface area contributed by atoms with Gasteiger partial charge in [0.15, 0.2) is 23.1 Å². The molecular formula is C28H28F4N4O5. The van der Waals surface area contributed by atoms with E-state index >= 15 is 4.39 Å². The highest BCUT2D eigenvalue weighted by molar-refractivity contribution is 6.11. The first-order valence-electron chi connectivity index (χ1n) is 12.6. The van der Waals surface area contributed by atoms with Gasteiger partial charge in [0.1, 0.15) is 24.7 Å². The van der Waals surface area contributed by atoms with Crippen LogP contribution >= 0.6 is 0 Å². The van der Waals surface area contributed by atoms with Crippen molar-refractivity contribution < 1.29 is 41.4 Å². The average Bonchev–Trinajstić information content (AvgIpc) is 3.23. The Bertz CT molecular complexity index is 1470. The lowest BCUT2D eigenvalue weighted by Crippen LogP contribution is -2.35. The van der Waals surface area contributed by atoms with Crippen LogP contribution in [0.15, 0.2) is 23.2 Å². The number of benzene rings is 2. The van der Waals surface area contributed by atoms with E-state index in [1.807, 2.05) is 20.8 Å². The van der Waals surface area contributed by atoms with Crippen molar-refractivity contribution in [1.82, 2.24) is 4.90 Å². The molecule has 2 aromatic rings. The van der Waals surface area contributed by atoms with Crippen LogP contribution in [0, 0.1) is 17.1 Å². The molecule has 0 atom stereocenters. The number of aliphatic imine (C=N–C) groups is 1. The highest BCUT2D eigenvalue weighted by atomic mass is 19.4. The van der Waals surface area contributed by atoms with Crippen LogP contribution in [0.5, 0.6) is 17.2 Å². The number of rotatable bonds is 6. The third kappa shape index (κ3) is 5.64. The second kappa shape index (κ2) is 10.9. The first kappa shape index (κ1) is 29.6. The minimum atomic E-state index is -5.32. The van der Waals surface area contributed by atoms with Crippen molar-refractivity contribution in [2.24, 2.45) is 4.99 Å². The summed E-state index contributed by atoms with van der Waals surface area (Å²) in [4.78, 5) is 31.6. The number of hydrogen-bond acceptors (Lipinski definition) is 7. The molecule has 9 nitrogen and oxygen atoms in total. The Morgan fingerprint density at radius 1 is 1.12 bits per heavy atom. The Morgan fingerprint density at radius 2 is 1.83 bits per heavy atom. The highest BCUT2D eigenvalue weighted by Crippen LogP contribution is 2.43. The Morgan fingerprint density at radius 3 is 2.41 bits per heavy atom. The maximum atomic E-state index is 15.5. The molecule has 2 heterocycles. The van der Waals surface area contributed by atoms with Crippen LogP contribution in [0.25, 0.3) is 0 Å². The maximum absolute atomic E-state index is 15.5. The number of fused-ring (bicyclic) bond motifs is 2. The molecule has 0 spiro atoms. The molecule has 0 radical (unpaired) electrons. The van der Waals surface area contributed by atoms with Crippen LogP contribution in [-0.4, -0.2) is 69.1 Å². The van der Waals surface area contributed by atoms with Crippen molar-refractivity contribution in [2.45, 2.75) is 38.9 Å². The van der Waals surface area contributed by atoms with Gasteiger partial charge in [0, 0.05) is 17.7 Å². The maximum Gasteiger partial charge on any atom is 0.473 e. The monoisotopic (exact) mass is 576 g/mol. The fourth-order valence-electron chi connectivity index (χ4n) is 4.83. The molecule has 0 aromatic heterocycles. The van der Waals surface area contributed by atoms with Gasteiger partial charge in [0.2, 0.25) is 0 Å². The number of amides is 1. The molecule has 1 amide bonds. The summed E-state index contributed by atoms with van der Waals surface area (Å²) in [6.45, 7) is 5.86. The summed E-state index contributed by atoms with van der Waals surface area (Å²) >= 11 is 0. The van der Waals surface area contributed by atoms with Gasteiger partial charge in [-0.05, 0) is 29.2 Å². The average molecular weight is 577 g/mol. The summed E-state index contributed by atoms with van der Waals surface area (Å²) in [5.74, 6) is -4.53. The zero-order valence-electron chi connectivity index (χ0n) is 23.1. The van der Waals surface area contributed by atoms with Gasteiger partial charge in [0.05, 0.1) is 44.6 Å². The first-order valence-corrected chi connectivity index (χ1v) is 12.6. The lowest BCUT2D eigenvalue weighted by Gasteiger charge is -2.34. The van der Waals surface area contributed by atoms with Gasteiger partial charge in [-0.1, -0.05) is 20.8 Å². The number of carbonyl (C=O) groups is 2. The second-order valence-corrected chi connectivity index (χ2v) is 10.5. The normalized spacial score (nSPS) is 15.7. The third-order valence-corrected chi connectivity index (χ3v) is 6.77. The number of amidine groups is 1. The van der Waals surface area contributed by atoms with E-state index in [1.54, 1.807) is 17.0 Å².